The Labute approximate surface area is 151 Å². The van der Waals surface area contributed by atoms with Crippen molar-refractivity contribution < 1.29 is 8.42 Å². The average Bonchev–Trinajstić information content (AvgIpc) is 2.84. The summed E-state index contributed by atoms with van der Waals surface area (Å²) in [7, 11) is -3.51. The molecule has 0 spiro atoms. The molecule has 126 valence electrons. The predicted octanol–water partition coefficient (Wildman–Crippen LogP) is 2.89. The lowest BCUT2D eigenvalue weighted by atomic mass is 10.0. The van der Waals surface area contributed by atoms with Crippen LogP contribution in [0.2, 0.25) is 0 Å². The van der Waals surface area contributed by atoms with Gasteiger partial charge in [0.1, 0.15) is 0 Å². The third kappa shape index (κ3) is 2.76. The number of sulfonamides is 1. The number of nitrogens with zero attached hydrogens (tertiary/aromatic N) is 1. The zero-order valence-electron chi connectivity index (χ0n) is 13.3. The SMILES string of the molecule is O=S(=O)(c1ccc2c(c1)CCNCC2)N1CCc2cc(Br)ccc21. The summed E-state index contributed by atoms with van der Waals surface area (Å²) in [6.07, 6.45) is 2.58. The quantitative estimate of drug-likeness (QED) is 0.833. The topological polar surface area (TPSA) is 49.4 Å². The van der Waals surface area contributed by atoms with E-state index in [0.717, 1.165) is 53.6 Å². The van der Waals surface area contributed by atoms with Crippen LogP contribution in [-0.4, -0.2) is 28.1 Å². The smallest absolute Gasteiger partial charge is 0.264 e. The molecule has 4 rings (SSSR count). The third-order valence-corrected chi connectivity index (χ3v) is 7.10. The van der Waals surface area contributed by atoms with Crippen LogP contribution in [0.3, 0.4) is 0 Å². The molecular weight excluding hydrogens is 388 g/mol. The lowest BCUT2D eigenvalue weighted by Gasteiger charge is -2.20. The molecule has 0 unspecified atom stereocenters. The van der Waals surface area contributed by atoms with Crippen LogP contribution in [0.15, 0.2) is 45.8 Å². The van der Waals surface area contributed by atoms with E-state index in [-0.39, 0.29) is 0 Å². The van der Waals surface area contributed by atoms with Gasteiger partial charge in [-0.3, -0.25) is 4.31 Å². The van der Waals surface area contributed by atoms with E-state index >= 15 is 0 Å². The summed E-state index contributed by atoms with van der Waals surface area (Å²) in [5, 5.41) is 3.36. The molecule has 0 saturated carbocycles. The Kier molecular flexibility index (Phi) is 4.14. The highest BCUT2D eigenvalue weighted by Gasteiger charge is 2.31. The number of rotatable bonds is 2. The van der Waals surface area contributed by atoms with Crippen molar-refractivity contribution in [2.24, 2.45) is 0 Å². The molecule has 2 aliphatic heterocycles. The van der Waals surface area contributed by atoms with Crippen LogP contribution in [0.25, 0.3) is 0 Å². The molecule has 2 aliphatic rings. The summed E-state index contributed by atoms with van der Waals surface area (Å²) in [4.78, 5) is 0.402. The molecule has 0 saturated heterocycles. The average molecular weight is 407 g/mol. The van der Waals surface area contributed by atoms with Gasteiger partial charge in [0.15, 0.2) is 0 Å². The first kappa shape index (κ1) is 16.1. The highest BCUT2D eigenvalue weighted by Crippen LogP contribution is 2.35. The Morgan fingerprint density at radius 2 is 1.71 bits per heavy atom. The second kappa shape index (κ2) is 6.17. The van der Waals surface area contributed by atoms with E-state index in [2.05, 4.69) is 21.2 Å². The van der Waals surface area contributed by atoms with Gasteiger partial charge in [-0.1, -0.05) is 22.0 Å². The number of hydrogen-bond donors (Lipinski definition) is 1. The van der Waals surface area contributed by atoms with Crippen molar-refractivity contribution >= 4 is 31.6 Å². The maximum absolute atomic E-state index is 13.2. The van der Waals surface area contributed by atoms with Gasteiger partial charge >= 0.3 is 0 Å². The van der Waals surface area contributed by atoms with Gasteiger partial charge in [-0.2, -0.15) is 0 Å². The van der Waals surface area contributed by atoms with Gasteiger partial charge in [0.2, 0.25) is 0 Å². The molecule has 0 atom stereocenters. The van der Waals surface area contributed by atoms with E-state index in [1.54, 1.807) is 10.4 Å². The second-order valence-corrected chi connectivity index (χ2v) is 9.06. The van der Waals surface area contributed by atoms with Gasteiger partial charge in [0.25, 0.3) is 10.0 Å². The van der Waals surface area contributed by atoms with Crippen molar-refractivity contribution in [1.82, 2.24) is 5.32 Å². The van der Waals surface area contributed by atoms with Gasteiger partial charge < -0.3 is 5.32 Å². The third-order valence-electron chi connectivity index (χ3n) is 4.80. The zero-order valence-corrected chi connectivity index (χ0v) is 15.7. The molecule has 0 aliphatic carbocycles. The van der Waals surface area contributed by atoms with Crippen LogP contribution < -0.4 is 9.62 Å². The highest BCUT2D eigenvalue weighted by atomic mass is 79.9. The number of hydrogen-bond acceptors (Lipinski definition) is 3. The second-order valence-electron chi connectivity index (χ2n) is 6.28. The standard InChI is InChI=1S/C18H19BrN2O2S/c19-16-2-4-18-15(11-16)7-10-21(18)24(22,23)17-3-1-13-5-8-20-9-6-14(13)12-17/h1-4,11-12,20H,5-10H2. The normalized spacial score (nSPS) is 17.3. The fraction of sp³-hybridized carbons (Fsp3) is 0.333. The van der Waals surface area contributed by atoms with E-state index in [9.17, 15) is 8.42 Å². The highest BCUT2D eigenvalue weighted by molar-refractivity contribution is 9.10. The Morgan fingerprint density at radius 1 is 0.917 bits per heavy atom. The summed E-state index contributed by atoms with van der Waals surface area (Å²) >= 11 is 3.45. The fourth-order valence-corrected chi connectivity index (χ4v) is 5.49. The summed E-state index contributed by atoms with van der Waals surface area (Å²) < 4.78 is 28.8. The van der Waals surface area contributed by atoms with Gasteiger partial charge in [0, 0.05) is 11.0 Å². The van der Waals surface area contributed by atoms with Crippen molar-refractivity contribution in [2.75, 3.05) is 23.9 Å². The fourth-order valence-electron chi connectivity index (χ4n) is 3.53. The van der Waals surface area contributed by atoms with Gasteiger partial charge in [0.05, 0.1) is 10.6 Å². The van der Waals surface area contributed by atoms with Crippen molar-refractivity contribution in [1.29, 1.82) is 0 Å². The molecule has 2 aromatic rings. The molecule has 0 aromatic heterocycles. The monoisotopic (exact) mass is 406 g/mol. The summed E-state index contributed by atoms with van der Waals surface area (Å²) in [5.74, 6) is 0. The number of benzene rings is 2. The van der Waals surface area contributed by atoms with E-state index < -0.39 is 10.0 Å². The van der Waals surface area contributed by atoms with Crippen molar-refractivity contribution in [3.05, 3.63) is 57.6 Å². The van der Waals surface area contributed by atoms with Crippen LogP contribution in [0.5, 0.6) is 0 Å². The number of halogens is 1. The summed E-state index contributed by atoms with van der Waals surface area (Å²) in [6, 6.07) is 11.4. The molecule has 2 heterocycles. The largest absolute Gasteiger partial charge is 0.316 e. The maximum Gasteiger partial charge on any atom is 0.264 e. The van der Waals surface area contributed by atoms with Gasteiger partial charge in [-0.15, -0.1) is 0 Å². The Morgan fingerprint density at radius 3 is 2.54 bits per heavy atom. The maximum atomic E-state index is 13.2. The number of anilines is 1. The Hall–Kier alpha value is -1.37. The van der Waals surface area contributed by atoms with Crippen molar-refractivity contribution in [3.63, 3.8) is 0 Å². The molecule has 1 N–H and O–H groups in total. The van der Waals surface area contributed by atoms with E-state index in [1.165, 1.54) is 5.56 Å². The molecule has 0 amide bonds. The lowest BCUT2D eigenvalue weighted by Crippen LogP contribution is -2.29. The number of fused-ring (bicyclic) bond motifs is 2. The summed E-state index contributed by atoms with van der Waals surface area (Å²) in [5.41, 5.74) is 4.28. The molecule has 24 heavy (non-hydrogen) atoms. The first-order valence-electron chi connectivity index (χ1n) is 8.19. The number of nitrogens with one attached hydrogen (secondary N) is 1. The van der Waals surface area contributed by atoms with Crippen LogP contribution in [-0.2, 0) is 29.3 Å². The van der Waals surface area contributed by atoms with E-state index in [4.69, 9.17) is 0 Å². The minimum absolute atomic E-state index is 0.402. The van der Waals surface area contributed by atoms with Crippen molar-refractivity contribution in [3.8, 4) is 0 Å². The first-order valence-corrected chi connectivity index (χ1v) is 10.4. The molecule has 4 nitrogen and oxygen atoms in total. The van der Waals surface area contributed by atoms with Gasteiger partial charge in [-0.25, -0.2) is 8.42 Å². The minimum Gasteiger partial charge on any atom is -0.316 e. The van der Waals surface area contributed by atoms with Crippen LogP contribution in [0.4, 0.5) is 5.69 Å². The molecular formula is C18H19BrN2O2S. The van der Waals surface area contributed by atoms with Gasteiger partial charge in [-0.05, 0) is 79.4 Å². The molecule has 2 aromatic carbocycles. The Bertz CT molecular complexity index is 896. The summed E-state index contributed by atoms with van der Waals surface area (Å²) in [6.45, 7) is 2.36. The van der Waals surface area contributed by atoms with Crippen LogP contribution >= 0.6 is 15.9 Å². The minimum atomic E-state index is -3.51. The van der Waals surface area contributed by atoms with E-state index in [1.807, 2.05) is 30.3 Å². The molecule has 0 fully saturated rings. The van der Waals surface area contributed by atoms with Crippen LogP contribution in [0, 0.1) is 0 Å². The zero-order chi connectivity index (χ0) is 16.7. The first-order chi connectivity index (χ1) is 11.6. The molecule has 6 heteroatoms. The van der Waals surface area contributed by atoms with E-state index in [0.29, 0.717) is 11.4 Å². The van der Waals surface area contributed by atoms with Crippen LogP contribution in [0.1, 0.15) is 16.7 Å². The molecule has 0 bridgehead atoms. The predicted molar refractivity (Wildman–Crippen MR) is 99.1 cm³/mol. The Balaban J connectivity index is 1.73. The van der Waals surface area contributed by atoms with Crippen molar-refractivity contribution in [2.45, 2.75) is 24.2 Å². The molecule has 0 radical (unpaired) electrons. The lowest BCUT2D eigenvalue weighted by molar-refractivity contribution is 0.592.